The summed E-state index contributed by atoms with van der Waals surface area (Å²) in [4.78, 5) is 24.1. The number of nitrogens with one attached hydrogen (secondary N) is 1. The van der Waals surface area contributed by atoms with Gasteiger partial charge in [-0.3, -0.25) is 4.79 Å². The predicted molar refractivity (Wildman–Crippen MR) is 80.5 cm³/mol. The smallest absolute Gasteiger partial charge is 0.317 e. The number of rotatable bonds is 5. The third kappa shape index (κ3) is 4.85. The van der Waals surface area contributed by atoms with Crippen molar-refractivity contribution in [2.75, 3.05) is 13.6 Å². The molecule has 6 heteroatoms. The average Bonchev–Trinajstić information content (AvgIpc) is 2.38. The molecular weight excluding hydrogens is 324 g/mol. The molecule has 2 atom stereocenters. The molecule has 0 spiro atoms. The van der Waals surface area contributed by atoms with Crippen LogP contribution in [0.25, 0.3) is 0 Å². The topological polar surface area (TPSA) is 69.6 Å². The van der Waals surface area contributed by atoms with Crippen molar-refractivity contribution in [2.24, 2.45) is 5.92 Å². The van der Waals surface area contributed by atoms with E-state index in [4.69, 9.17) is 5.11 Å². The number of nitrogens with zero attached hydrogens (tertiary/aromatic N) is 1. The van der Waals surface area contributed by atoms with E-state index in [1.54, 1.807) is 14.0 Å². The van der Waals surface area contributed by atoms with E-state index in [9.17, 15) is 9.59 Å². The summed E-state index contributed by atoms with van der Waals surface area (Å²) >= 11 is 3.36. The highest BCUT2D eigenvalue weighted by Crippen LogP contribution is 2.16. The highest BCUT2D eigenvalue weighted by molar-refractivity contribution is 9.10. The first-order valence-corrected chi connectivity index (χ1v) is 7.10. The molecule has 110 valence electrons. The van der Waals surface area contributed by atoms with Crippen LogP contribution in [0.4, 0.5) is 4.79 Å². The summed E-state index contributed by atoms with van der Waals surface area (Å²) in [5.74, 6) is -1.50. The molecule has 1 rings (SSSR count). The molecule has 0 radical (unpaired) electrons. The first-order valence-electron chi connectivity index (χ1n) is 6.31. The summed E-state index contributed by atoms with van der Waals surface area (Å²) in [5.41, 5.74) is 0.987. The van der Waals surface area contributed by atoms with Crippen LogP contribution >= 0.6 is 15.9 Å². The summed E-state index contributed by atoms with van der Waals surface area (Å²) in [5, 5.41) is 11.7. The van der Waals surface area contributed by atoms with Gasteiger partial charge in [0.2, 0.25) is 0 Å². The number of hydrogen-bond acceptors (Lipinski definition) is 2. The predicted octanol–water partition coefficient (Wildman–Crippen LogP) is 2.87. The molecule has 0 fully saturated rings. The fourth-order valence-corrected chi connectivity index (χ4v) is 1.97. The van der Waals surface area contributed by atoms with Crippen LogP contribution in [0.5, 0.6) is 0 Å². The quantitative estimate of drug-likeness (QED) is 0.864. The second kappa shape index (κ2) is 7.28. The Kier molecular flexibility index (Phi) is 6.01. The number of carboxylic acids is 1. The molecular formula is C14H19BrN2O3. The molecule has 0 aliphatic heterocycles. The maximum absolute atomic E-state index is 12.0. The molecule has 0 aliphatic carbocycles. The van der Waals surface area contributed by atoms with E-state index in [1.807, 2.05) is 31.2 Å². The number of carboxylic acid groups (broad SMARTS) is 1. The van der Waals surface area contributed by atoms with E-state index in [0.29, 0.717) is 0 Å². The summed E-state index contributed by atoms with van der Waals surface area (Å²) in [6.07, 6.45) is 0. The molecule has 20 heavy (non-hydrogen) atoms. The Labute approximate surface area is 127 Å². The molecule has 5 nitrogen and oxygen atoms in total. The monoisotopic (exact) mass is 342 g/mol. The molecule has 0 saturated carbocycles. The number of carbonyl (C=O) groups is 2. The summed E-state index contributed by atoms with van der Waals surface area (Å²) in [6.45, 7) is 3.63. The van der Waals surface area contributed by atoms with Crippen LogP contribution in [-0.2, 0) is 4.79 Å². The number of halogens is 1. The Hall–Kier alpha value is -1.56. The minimum Gasteiger partial charge on any atom is -0.481 e. The fourth-order valence-electron chi connectivity index (χ4n) is 1.70. The third-order valence-electron chi connectivity index (χ3n) is 3.03. The lowest BCUT2D eigenvalue weighted by Crippen LogP contribution is -2.41. The lowest BCUT2D eigenvalue weighted by atomic mass is 10.1. The number of aliphatic carboxylic acids is 1. The van der Waals surface area contributed by atoms with Crippen molar-refractivity contribution < 1.29 is 14.7 Å². The molecule has 0 aromatic heterocycles. The second-order valence-electron chi connectivity index (χ2n) is 4.84. The van der Waals surface area contributed by atoms with Gasteiger partial charge in [0.05, 0.1) is 12.0 Å². The van der Waals surface area contributed by atoms with E-state index in [-0.39, 0.29) is 18.6 Å². The van der Waals surface area contributed by atoms with Gasteiger partial charge < -0.3 is 15.3 Å². The van der Waals surface area contributed by atoms with Crippen LogP contribution < -0.4 is 5.32 Å². The van der Waals surface area contributed by atoms with Gasteiger partial charge in [0.1, 0.15) is 0 Å². The van der Waals surface area contributed by atoms with Gasteiger partial charge in [-0.1, -0.05) is 35.0 Å². The van der Waals surface area contributed by atoms with Crippen molar-refractivity contribution in [3.8, 4) is 0 Å². The fraction of sp³-hybridized carbons (Fsp3) is 0.429. The van der Waals surface area contributed by atoms with E-state index in [2.05, 4.69) is 21.2 Å². The van der Waals surface area contributed by atoms with Crippen LogP contribution in [0.15, 0.2) is 28.7 Å². The Balaban J connectivity index is 2.56. The van der Waals surface area contributed by atoms with Crippen LogP contribution in [0, 0.1) is 5.92 Å². The number of benzene rings is 1. The summed E-state index contributed by atoms with van der Waals surface area (Å²) < 4.78 is 0.979. The van der Waals surface area contributed by atoms with E-state index < -0.39 is 11.9 Å². The molecule has 2 amide bonds. The van der Waals surface area contributed by atoms with Gasteiger partial charge in [-0.15, -0.1) is 0 Å². The largest absolute Gasteiger partial charge is 0.481 e. The zero-order chi connectivity index (χ0) is 15.3. The van der Waals surface area contributed by atoms with Crippen molar-refractivity contribution in [3.63, 3.8) is 0 Å². The molecule has 1 aromatic rings. The highest BCUT2D eigenvalue weighted by Gasteiger charge is 2.18. The molecule has 2 N–H and O–H groups in total. The lowest BCUT2D eigenvalue weighted by Gasteiger charge is -2.23. The number of hydrogen-bond donors (Lipinski definition) is 2. The Morgan fingerprint density at radius 3 is 2.35 bits per heavy atom. The molecule has 0 heterocycles. The van der Waals surface area contributed by atoms with E-state index in [0.717, 1.165) is 10.0 Å². The second-order valence-corrected chi connectivity index (χ2v) is 5.76. The molecule has 1 aromatic carbocycles. The van der Waals surface area contributed by atoms with Gasteiger partial charge in [0, 0.05) is 18.1 Å². The van der Waals surface area contributed by atoms with E-state index >= 15 is 0 Å². The first kappa shape index (κ1) is 16.5. The van der Waals surface area contributed by atoms with Crippen molar-refractivity contribution in [1.82, 2.24) is 10.2 Å². The Morgan fingerprint density at radius 2 is 1.85 bits per heavy atom. The zero-order valence-corrected chi connectivity index (χ0v) is 13.3. The maximum Gasteiger partial charge on any atom is 0.317 e. The number of urea groups is 1. The average molecular weight is 343 g/mol. The zero-order valence-electron chi connectivity index (χ0n) is 11.8. The van der Waals surface area contributed by atoms with Gasteiger partial charge in [-0.05, 0) is 24.6 Å². The minimum atomic E-state index is -0.911. The third-order valence-corrected chi connectivity index (χ3v) is 3.55. The lowest BCUT2D eigenvalue weighted by molar-refractivity contribution is -0.141. The summed E-state index contributed by atoms with van der Waals surface area (Å²) in [7, 11) is 1.59. The molecule has 0 bridgehead atoms. The van der Waals surface area contributed by atoms with Crippen LogP contribution in [-0.4, -0.2) is 35.6 Å². The van der Waals surface area contributed by atoms with Crippen molar-refractivity contribution in [3.05, 3.63) is 34.3 Å². The van der Waals surface area contributed by atoms with E-state index in [1.165, 1.54) is 4.90 Å². The number of carbonyl (C=O) groups excluding carboxylic acids is 1. The Bertz CT molecular complexity index is 476. The standard InChI is InChI=1S/C14H19BrN2O3/c1-9(13(18)19)8-17(3)14(20)16-10(2)11-4-6-12(15)7-5-11/h4-7,9-10H,8H2,1-3H3,(H,16,20)(H,18,19). The first-order chi connectivity index (χ1) is 9.31. The molecule has 0 saturated heterocycles. The van der Waals surface area contributed by atoms with Gasteiger partial charge in [0.25, 0.3) is 0 Å². The highest BCUT2D eigenvalue weighted by atomic mass is 79.9. The SMILES string of the molecule is CC(CN(C)C(=O)NC(C)c1ccc(Br)cc1)C(=O)O. The van der Waals surface area contributed by atoms with Crippen molar-refractivity contribution >= 4 is 27.9 Å². The maximum atomic E-state index is 12.0. The van der Waals surface area contributed by atoms with Gasteiger partial charge in [-0.25, -0.2) is 4.79 Å². The van der Waals surface area contributed by atoms with Crippen LogP contribution in [0.1, 0.15) is 25.5 Å². The minimum absolute atomic E-state index is 0.141. The Morgan fingerprint density at radius 1 is 1.30 bits per heavy atom. The molecule has 2 unspecified atom stereocenters. The summed E-state index contributed by atoms with van der Waals surface area (Å²) in [6, 6.07) is 7.25. The van der Waals surface area contributed by atoms with Crippen LogP contribution in [0.3, 0.4) is 0 Å². The van der Waals surface area contributed by atoms with Gasteiger partial charge in [0.15, 0.2) is 0 Å². The van der Waals surface area contributed by atoms with Crippen molar-refractivity contribution in [2.45, 2.75) is 19.9 Å². The normalized spacial score (nSPS) is 13.4. The van der Waals surface area contributed by atoms with Gasteiger partial charge in [-0.2, -0.15) is 0 Å². The molecule has 0 aliphatic rings. The van der Waals surface area contributed by atoms with Crippen molar-refractivity contribution in [1.29, 1.82) is 0 Å². The number of amides is 2. The van der Waals surface area contributed by atoms with Gasteiger partial charge >= 0.3 is 12.0 Å². The van der Waals surface area contributed by atoms with Crippen LogP contribution in [0.2, 0.25) is 0 Å².